The normalized spacial score (nSPS) is 10.6. The van der Waals surface area contributed by atoms with Gasteiger partial charge in [0.2, 0.25) is 0 Å². The van der Waals surface area contributed by atoms with Crippen LogP contribution in [0.25, 0.3) is 0 Å². The predicted octanol–water partition coefficient (Wildman–Crippen LogP) is 4.48. The molecule has 1 N–H and O–H groups in total. The average molecular weight is 303 g/mol. The molecular weight excluding hydrogens is 280 g/mol. The van der Waals surface area contributed by atoms with Crippen molar-refractivity contribution in [3.05, 3.63) is 64.7 Å². The van der Waals surface area contributed by atoms with E-state index in [0.717, 1.165) is 36.6 Å². The molecule has 0 aliphatic heterocycles. The number of hydrogen-bond acceptors (Lipinski definition) is 2. The van der Waals surface area contributed by atoms with Gasteiger partial charge in [-0.15, -0.1) is 0 Å². The molecular formula is C18H23ClN2. The molecule has 0 saturated heterocycles. The Bertz CT molecular complexity index is 569. The molecule has 2 nitrogen and oxygen atoms in total. The van der Waals surface area contributed by atoms with E-state index >= 15 is 0 Å². The van der Waals surface area contributed by atoms with Crippen molar-refractivity contribution in [2.24, 2.45) is 0 Å². The minimum atomic E-state index is 0.810. The van der Waals surface area contributed by atoms with Gasteiger partial charge in [-0.2, -0.15) is 0 Å². The van der Waals surface area contributed by atoms with Gasteiger partial charge in [0.15, 0.2) is 0 Å². The Morgan fingerprint density at radius 3 is 2.38 bits per heavy atom. The van der Waals surface area contributed by atoms with Gasteiger partial charge < -0.3 is 10.2 Å². The first-order valence-corrected chi connectivity index (χ1v) is 7.83. The van der Waals surface area contributed by atoms with Crippen molar-refractivity contribution in [2.75, 3.05) is 18.5 Å². The number of nitrogens with zero attached hydrogens (tertiary/aromatic N) is 1. The molecule has 0 spiro atoms. The lowest BCUT2D eigenvalue weighted by Gasteiger charge is -2.23. The van der Waals surface area contributed by atoms with Gasteiger partial charge in [-0.1, -0.05) is 54.9 Å². The highest BCUT2D eigenvalue weighted by Crippen LogP contribution is 2.23. The summed E-state index contributed by atoms with van der Waals surface area (Å²) in [6.45, 7) is 4.94. The number of nitrogens with one attached hydrogen (secondary N) is 1. The molecule has 2 aromatic rings. The van der Waals surface area contributed by atoms with E-state index in [1.807, 2.05) is 18.2 Å². The van der Waals surface area contributed by atoms with Crippen molar-refractivity contribution in [3.8, 4) is 0 Å². The summed E-state index contributed by atoms with van der Waals surface area (Å²) in [5.41, 5.74) is 3.72. The van der Waals surface area contributed by atoms with Crippen LogP contribution in [0.3, 0.4) is 0 Å². The standard InChI is InChI=1S/C18H23ClN2/c1-3-12-20-13-15-8-5-7-11-18(15)21(2)14-16-9-4-6-10-17(16)19/h4-11,20H,3,12-14H2,1-2H3. The molecule has 0 amide bonds. The minimum Gasteiger partial charge on any atom is -0.370 e. The molecule has 0 fully saturated rings. The van der Waals surface area contributed by atoms with Crippen molar-refractivity contribution in [2.45, 2.75) is 26.4 Å². The van der Waals surface area contributed by atoms with Crippen LogP contribution in [-0.4, -0.2) is 13.6 Å². The Balaban J connectivity index is 2.11. The van der Waals surface area contributed by atoms with Crippen LogP contribution >= 0.6 is 11.6 Å². The van der Waals surface area contributed by atoms with E-state index in [9.17, 15) is 0 Å². The summed E-state index contributed by atoms with van der Waals surface area (Å²) in [5.74, 6) is 0. The SMILES string of the molecule is CCCNCc1ccccc1N(C)Cc1ccccc1Cl. The first kappa shape index (κ1) is 15.9. The van der Waals surface area contributed by atoms with Crippen LogP contribution in [0.1, 0.15) is 24.5 Å². The summed E-state index contributed by atoms with van der Waals surface area (Å²) in [6.07, 6.45) is 1.15. The van der Waals surface area contributed by atoms with E-state index in [4.69, 9.17) is 11.6 Å². The van der Waals surface area contributed by atoms with Crippen LogP contribution in [0.2, 0.25) is 5.02 Å². The van der Waals surface area contributed by atoms with Crippen LogP contribution in [-0.2, 0) is 13.1 Å². The molecule has 0 atom stereocenters. The van der Waals surface area contributed by atoms with Gasteiger partial charge in [0.25, 0.3) is 0 Å². The molecule has 3 heteroatoms. The Morgan fingerprint density at radius 1 is 1.00 bits per heavy atom. The van der Waals surface area contributed by atoms with E-state index < -0.39 is 0 Å². The molecule has 21 heavy (non-hydrogen) atoms. The summed E-state index contributed by atoms with van der Waals surface area (Å²) in [6, 6.07) is 16.5. The van der Waals surface area contributed by atoms with E-state index in [0.29, 0.717) is 0 Å². The third kappa shape index (κ3) is 4.48. The quantitative estimate of drug-likeness (QED) is 0.759. The number of rotatable bonds is 7. The molecule has 112 valence electrons. The van der Waals surface area contributed by atoms with Gasteiger partial charge in [0.1, 0.15) is 0 Å². The summed E-state index contributed by atoms with van der Waals surface area (Å²) in [4.78, 5) is 2.25. The van der Waals surface area contributed by atoms with Crippen molar-refractivity contribution in [1.29, 1.82) is 0 Å². The van der Waals surface area contributed by atoms with Crippen LogP contribution < -0.4 is 10.2 Å². The van der Waals surface area contributed by atoms with Crippen molar-refractivity contribution >= 4 is 17.3 Å². The maximum absolute atomic E-state index is 6.26. The zero-order valence-corrected chi connectivity index (χ0v) is 13.5. The lowest BCUT2D eigenvalue weighted by molar-refractivity contribution is 0.673. The number of hydrogen-bond donors (Lipinski definition) is 1. The van der Waals surface area contributed by atoms with E-state index in [1.54, 1.807) is 0 Å². The zero-order chi connectivity index (χ0) is 15.1. The Hall–Kier alpha value is -1.51. The number of benzene rings is 2. The maximum atomic E-state index is 6.26. The second-order valence-electron chi connectivity index (χ2n) is 5.25. The van der Waals surface area contributed by atoms with Gasteiger partial charge in [0.05, 0.1) is 0 Å². The van der Waals surface area contributed by atoms with Crippen LogP contribution in [0.15, 0.2) is 48.5 Å². The summed E-state index contributed by atoms with van der Waals surface area (Å²) < 4.78 is 0. The maximum Gasteiger partial charge on any atom is 0.0455 e. The summed E-state index contributed by atoms with van der Waals surface area (Å²) in [5, 5.41) is 4.29. The largest absolute Gasteiger partial charge is 0.370 e. The summed E-state index contributed by atoms with van der Waals surface area (Å²) in [7, 11) is 2.11. The number of para-hydroxylation sites is 1. The highest BCUT2D eigenvalue weighted by molar-refractivity contribution is 6.31. The lowest BCUT2D eigenvalue weighted by Crippen LogP contribution is -2.21. The Morgan fingerprint density at radius 2 is 1.67 bits per heavy atom. The number of halogens is 1. The molecule has 0 aromatic heterocycles. The third-order valence-electron chi connectivity index (χ3n) is 3.51. The smallest absolute Gasteiger partial charge is 0.0455 e. The molecule has 2 rings (SSSR count). The fourth-order valence-electron chi connectivity index (χ4n) is 2.40. The Labute approximate surface area is 132 Å². The van der Waals surface area contributed by atoms with Gasteiger partial charge >= 0.3 is 0 Å². The second kappa shape index (κ2) is 8.06. The van der Waals surface area contributed by atoms with Gasteiger partial charge in [0, 0.05) is 30.8 Å². The molecule has 0 aliphatic rings. The zero-order valence-electron chi connectivity index (χ0n) is 12.8. The third-order valence-corrected chi connectivity index (χ3v) is 3.88. The molecule has 0 unspecified atom stereocenters. The molecule has 0 bridgehead atoms. The van der Waals surface area contributed by atoms with Crippen LogP contribution in [0.5, 0.6) is 0 Å². The topological polar surface area (TPSA) is 15.3 Å². The van der Waals surface area contributed by atoms with Gasteiger partial charge in [-0.3, -0.25) is 0 Å². The first-order valence-electron chi connectivity index (χ1n) is 7.45. The molecule has 0 radical (unpaired) electrons. The number of anilines is 1. The minimum absolute atomic E-state index is 0.810. The highest BCUT2D eigenvalue weighted by Gasteiger charge is 2.08. The van der Waals surface area contributed by atoms with Gasteiger partial charge in [-0.25, -0.2) is 0 Å². The van der Waals surface area contributed by atoms with E-state index in [-0.39, 0.29) is 0 Å². The highest BCUT2D eigenvalue weighted by atomic mass is 35.5. The van der Waals surface area contributed by atoms with E-state index in [2.05, 4.69) is 54.5 Å². The predicted molar refractivity (Wildman–Crippen MR) is 92.0 cm³/mol. The molecule has 0 aliphatic carbocycles. The average Bonchev–Trinajstić information content (AvgIpc) is 2.50. The fraction of sp³-hybridized carbons (Fsp3) is 0.333. The molecule has 0 saturated carbocycles. The monoisotopic (exact) mass is 302 g/mol. The van der Waals surface area contributed by atoms with Crippen LogP contribution in [0.4, 0.5) is 5.69 Å². The molecule has 2 aromatic carbocycles. The second-order valence-corrected chi connectivity index (χ2v) is 5.66. The van der Waals surface area contributed by atoms with Crippen molar-refractivity contribution in [3.63, 3.8) is 0 Å². The van der Waals surface area contributed by atoms with E-state index in [1.165, 1.54) is 11.3 Å². The fourth-order valence-corrected chi connectivity index (χ4v) is 2.60. The Kier molecular flexibility index (Phi) is 6.09. The summed E-state index contributed by atoms with van der Waals surface area (Å²) >= 11 is 6.26. The lowest BCUT2D eigenvalue weighted by atomic mass is 10.1. The van der Waals surface area contributed by atoms with Gasteiger partial charge in [-0.05, 0) is 36.2 Å². The first-order chi connectivity index (χ1) is 10.2. The molecule has 0 heterocycles. The van der Waals surface area contributed by atoms with Crippen molar-refractivity contribution in [1.82, 2.24) is 5.32 Å². The van der Waals surface area contributed by atoms with Crippen molar-refractivity contribution < 1.29 is 0 Å². The van der Waals surface area contributed by atoms with Crippen LogP contribution in [0, 0.1) is 0 Å².